The Bertz CT molecular complexity index is 559. The van der Waals surface area contributed by atoms with Gasteiger partial charge >= 0.3 is 0 Å². The predicted octanol–water partition coefficient (Wildman–Crippen LogP) is 2.78. The third kappa shape index (κ3) is 4.29. The van der Waals surface area contributed by atoms with Gasteiger partial charge in [-0.2, -0.15) is 0 Å². The summed E-state index contributed by atoms with van der Waals surface area (Å²) in [6, 6.07) is 8.93. The molecule has 0 saturated heterocycles. The Kier molecular flexibility index (Phi) is 5.76. The van der Waals surface area contributed by atoms with Crippen LogP contribution < -0.4 is 5.32 Å². The van der Waals surface area contributed by atoms with E-state index >= 15 is 0 Å². The number of nitrogens with zero attached hydrogens (tertiary/aromatic N) is 3. The number of fused-ring (bicyclic) bond motifs is 1. The lowest BCUT2D eigenvalue weighted by atomic mass is 10.2. The van der Waals surface area contributed by atoms with Crippen molar-refractivity contribution in [3.63, 3.8) is 0 Å². The Morgan fingerprint density at radius 1 is 1.24 bits per heavy atom. The van der Waals surface area contributed by atoms with E-state index in [-0.39, 0.29) is 0 Å². The molecule has 1 heterocycles. The van der Waals surface area contributed by atoms with Crippen molar-refractivity contribution in [2.24, 2.45) is 7.05 Å². The second-order valence-corrected chi connectivity index (χ2v) is 6.03. The summed E-state index contributed by atoms with van der Waals surface area (Å²) in [5, 5.41) is 3.50. The van der Waals surface area contributed by atoms with Crippen LogP contribution in [-0.2, 0) is 13.6 Å². The third-order valence-corrected chi connectivity index (χ3v) is 4.16. The highest BCUT2D eigenvalue weighted by atomic mass is 15.1. The van der Waals surface area contributed by atoms with Crippen LogP contribution in [0.3, 0.4) is 0 Å². The second-order valence-electron chi connectivity index (χ2n) is 6.03. The van der Waals surface area contributed by atoms with E-state index in [1.165, 1.54) is 24.9 Å². The van der Waals surface area contributed by atoms with Gasteiger partial charge in [0.2, 0.25) is 0 Å². The fraction of sp³-hybridized carbons (Fsp3) is 0.588. The van der Waals surface area contributed by atoms with Gasteiger partial charge < -0.3 is 14.8 Å². The van der Waals surface area contributed by atoms with Crippen LogP contribution in [0.2, 0.25) is 0 Å². The highest BCUT2D eigenvalue weighted by Crippen LogP contribution is 2.13. The van der Waals surface area contributed by atoms with Gasteiger partial charge in [0.25, 0.3) is 0 Å². The molecule has 0 fully saturated rings. The molecular weight excluding hydrogens is 260 g/mol. The van der Waals surface area contributed by atoms with Crippen molar-refractivity contribution >= 4 is 11.0 Å². The lowest BCUT2D eigenvalue weighted by molar-refractivity contribution is 0.268. The minimum atomic E-state index is 0.637. The Labute approximate surface area is 128 Å². The second kappa shape index (κ2) is 7.57. The molecule has 1 aromatic heterocycles. The highest BCUT2D eigenvalue weighted by Gasteiger charge is 2.06. The predicted molar refractivity (Wildman–Crippen MR) is 89.4 cm³/mol. The van der Waals surface area contributed by atoms with Crippen LogP contribution >= 0.6 is 0 Å². The average molecular weight is 288 g/mol. The van der Waals surface area contributed by atoms with Gasteiger partial charge in [0.15, 0.2) is 0 Å². The van der Waals surface area contributed by atoms with Gasteiger partial charge in [-0.3, -0.25) is 0 Å². The van der Waals surface area contributed by atoms with E-state index in [2.05, 4.69) is 65.9 Å². The first-order valence-corrected chi connectivity index (χ1v) is 7.91. The van der Waals surface area contributed by atoms with Gasteiger partial charge in [0, 0.05) is 13.1 Å². The number of rotatable bonds is 8. The number of para-hydroxylation sites is 2. The lowest BCUT2D eigenvalue weighted by Crippen LogP contribution is -2.28. The minimum absolute atomic E-state index is 0.637. The van der Waals surface area contributed by atoms with Crippen molar-refractivity contribution in [2.45, 2.75) is 39.3 Å². The Morgan fingerprint density at radius 2 is 2.00 bits per heavy atom. The normalized spacial score (nSPS) is 11.9. The molecule has 0 aliphatic carbocycles. The molecule has 116 valence electrons. The summed E-state index contributed by atoms with van der Waals surface area (Å²) in [5.41, 5.74) is 2.28. The number of imidazole rings is 1. The highest BCUT2D eigenvalue weighted by molar-refractivity contribution is 5.75. The van der Waals surface area contributed by atoms with E-state index in [1.807, 2.05) is 6.07 Å². The Balaban J connectivity index is 1.72. The zero-order chi connectivity index (χ0) is 15.2. The number of hydrogen-bond donors (Lipinski definition) is 1. The number of unbranched alkanes of at least 4 members (excludes halogenated alkanes) is 1. The number of aromatic nitrogens is 2. The fourth-order valence-corrected chi connectivity index (χ4v) is 2.42. The largest absolute Gasteiger partial charge is 0.330 e. The summed E-state index contributed by atoms with van der Waals surface area (Å²) in [6.07, 6.45) is 2.45. The molecule has 0 unspecified atom stereocenters. The van der Waals surface area contributed by atoms with Crippen molar-refractivity contribution in [2.75, 3.05) is 20.1 Å². The topological polar surface area (TPSA) is 33.1 Å². The Hall–Kier alpha value is -1.39. The van der Waals surface area contributed by atoms with Crippen LogP contribution in [0.1, 0.15) is 32.5 Å². The maximum absolute atomic E-state index is 4.67. The first-order valence-electron chi connectivity index (χ1n) is 7.91. The summed E-state index contributed by atoms with van der Waals surface area (Å²) < 4.78 is 2.18. The quantitative estimate of drug-likeness (QED) is 0.758. The van der Waals surface area contributed by atoms with Crippen LogP contribution in [0.15, 0.2) is 24.3 Å². The van der Waals surface area contributed by atoms with Gasteiger partial charge in [-0.05, 0) is 59.0 Å². The molecule has 1 aromatic carbocycles. The number of hydrogen-bond acceptors (Lipinski definition) is 3. The van der Waals surface area contributed by atoms with Gasteiger partial charge in [0.05, 0.1) is 17.6 Å². The molecule has 0 bridgehead atoms. The Morgan fingerprint density at radius 3 is 2.71 bits per heavy atom. The average Bonchev–Trinajstić information content (AvgIpc) is 2.79. The van der Waals surface area contributed by atoms with E-state index in [0.717, 1.165) is 24.4 Å². The van der Waals surface area contributed by atoms with E-state index < -0.39 is 0 Å². The van der Waals surface area contributed by atoms with Crippen molar-refractivity contribution in [1.82, 2.24) is 19.8 Å². The van der Waals surface area contributed by atoms with Gasteiger partial charge in [-0.25, -0.2) is 4.98 Å². The van der Waals surface area contributed by atoms with Gasteiger partial charge in [-0.15, -0.1) is 0 Å². The molecule has 0 aliphatic heterocycles. The molecule has 4 heteroatoms. The van der Waals surface area contributed by atoms with E-state index in [4.69, 9.17) is 0 Å². The van der Waals surface area contributed by atoms with E-state index in [9.17, 15) is 0 Å². The molecular formula is C17H28N4. The van der Waals surface area contributed by atoms with Gasteiger partial charge in [0.1, 0.15) is 5.82 Å². The summed E-state index contributed by atoms with van der Waals surface area (Å²) >= 11 is 0. The van der Waals surface area contributed by atoms with Crippen LogP contribution in [0.4, 0.5) is 0 Å². The zero-order valence-electron chi connectivity index (χ0n) is 13.8. The maximum atomic E-state index is 4.67. The SMILES string of the molecule is CC(C)N(C)CCCCNCc1nc2ccccc2n1C. The molecule has 2 aromatic rings. The molecule has 0 radical (unpaired) electrons. The maximum Gasteiger partial charge on any atom is 0.123 e. The fourth-order valence-electron chi connectivity index (χ4n) is 2.42. The molecule has 0 saturated carbocycles. The smallest absolute Gasteiger partial charge is 0.123 e. The van der Waals surface area contributed by atoms with Crippen molar-refractivity contribution in [3.8, 4) is 0 Å². The van der Waals surface area contributed by atoms with E-state index in [1.54, 1.807) is 0 Å². The first kappa shape index (κ1) is 16.0. The number of aryl methyl sites for hydroxylation is 1. The lowest BCUT2D eigenvalue weighted by Gasteiger charge is -2.20. The van der Waals surface area contributed by atoms with E-state index in [0.29, 0.717) is 6.04 Å². The monoisotopic (exact) mass is 288 g/mol. The standard InChI is InChI=1S/C17H28N4/c1-14(2)20(3)12-8-7-11-18-13-17-19-15-9-5-6-10-16(15)21(17)4/h5-6,9-10,14,18H,7-8,11-13H2,1-4H3. The molecule has 0 atom stereocenters. The summed E-state index contributed by atoms with van der Waals surface area (Å²) in [5.74, 6) is 1.11. The van der Waals surface area contributed by atoms with Crippen molar-refractivity contribution in [1.29, 1.82) is 0 Å². The zero-order valence-corrected chi connectivity index (χ0v) is 13.8. The van der Waals surface area contributed by atoms with Crippen LogP contribution in [0.5, 0.6) is 0 Å². The molecule has 0 amide bonds. The van der Waals surface area contributed by atoms with Crippen LogP contribution in [0, 0.1) is 0 Å². The number of benzene rings is 1. The molecule has 21 heavy (non-hydrogen) atoms. The summed E-state index contributed by atoms with van der Waals surface area (Å²) in [4.78, 5) is 7.07. The van der Waals surface area contributed by atoms with Crippen molar-refractivity contribution in [3.05, 3.63) is 30.1 Å². The first-order chi connectivity index (χ1) is 10.1. The molecule has 4 nitrogen and oxygen atoms in total. The summed E-state index contributed by atoms with van der Waals surface area (Å²) in [7, 11) is 4.28. The molecule has 1 N–H and O–H groups in total. The van der Waals surface area contributed by atoms with Crippen molar-refractivity contribution < 1.29 is 0 Å². The third-order valence-electron chi connectivity index (χ3n) is 4.16. The van der Waals surface area contributed by atoms with Gasteiger partial charge in [-0.1, -0.05) is 12.1 Å². The van der Waals surface area contributed by atoms with Crippen LogP contribution in [0.25, 0.3) is 11.0 Å². The minimum Gasteiger partial charge on any atom is -0.330 e. The molecule has 0 aliphatic rings. The molecule has 2 rings (SSSR count). The number of nitrogens with one attached hydrogen (secondary N) is 1. The molecule has 0 spiro atoms. The summed E-state index contributed by atoms with van der Waals surface area (Å²) in [6.45, 7) is 7.54. The van der Waals surface area contributed by atoms with Crippen LogP contribution in [-0.4, -0.2) is 40.6 Å².